The fourth-order valence-electron chi connectivity index (χ4n) is 2.91. The molecule has 0 bridgehead atoms. The summed E-state index contributed by atoms with van der Waals surface area (Å²) in [5.74, 6) is -2.03. The lowest BCUT2D eigenvalue weighted by atomic mass is 10.2. The molecule has 0 saturated heterocycles. The average Bonchev–Trinajstić information content (AvgIpc) is 3.37. The van der Waals surface area contributed by atoms with Crippen LogP contribution in [-0.2, 0) is 16.1 Å². The van der Waals surface area contributed by atoms with E-state index >= 15 is 0 Å². The zero-order valence-electron chi connectivity index (χ0n) is 16.9. The van der Waals surface area contributed by atoms with Gasteiger partial charge in [0.05, 0.1) is 6.20 Å². The van der Waals surface area contributed by atoms with Gasteiger partial charge in [-0.1, -0.05) is 13.8 Å². The molecule has 1 saturated carbocycles. The van der Waals surface area contributed by atoms with Crippen LogP contribution in [0.2, 0.25) is 0 Å². The highest BCUT2D eigenvalue weighted by molar-refractivity contribution is 5.97. The maximum Gasteiger partial charge on any atom is 0.291 e. The third-order valence-electron chi connectivity index (χ3n) is 4.38. The lowest BCUT2D eigenvalue weighted by Gasteiger charge is -2.17. The summed E-state index contributed by atoms with van der Waals surface area (Å²) in [5.41, 5.74) is 3.87. The molecule has 30 heavy (non-hydrogen) atoms. The molecule has 1 aliphatic carbocycles. The number of aromatic nitrogens is 3. The van der Waals surface area contributed by atoms with Crippen molar-refractivity contribution in [2.45, 2.75) is 46.2 Å². The minimum absolute atomic E-state index is 0.0174. The van der Waals surface area contributed by atoms with Crippen molar-refractivity contribution < 1.29 is 19.5 Å². The standard InChI is InChI=1S/C19H24N6O5/c1-10(2)9-24-17-12(4-7-14(27)23-22-11(3)26)8-20-25(17)19(30)15(18(24)29)16(28)21-13-5-6-13/h4,7-8,10,13,29H,5-6,9H2,1-3H3,(H,21,28)(H,22,26)(H,23,27). The topological polar surface area (TPSA) is 147 Å². The quantitative estimate of drug-likeness (QED) is 0.383. The van der Waals surface area contributed by atoms with Crippen LogP contribution in [-0.4, -0.2) is 43.1 Å². The number of nitrogens with one attached hydrogen (secondary N) is 3. The monoisotopic (exact) mass is 416 g/mol. The first kappa shape index (κ1) is 21.1. The lowest BCUT2D eigenvalue weighted by Crippen LogP contribution is -2.39. The van der Waals surface area contributed by atoms with Crippen LogP contribution < -0.4 is 21.7 Å². The summed E-state index contributed by atoms with van der Waals surface area (Å²) >= 11 is 0. The van der Waals surface area contributed by atoms with Gasteiger partial charge in [0.1, 0.15) is 5.65 Å². The molecule has 2 aromatic heterocycles. The van der Waals surface area contributed by atoms with Crippen molar-refractivity contribution in [3.8, 4) is 5.88 Å². The van der Waals surface area contributed by atoms with Crippen molar-refractivity contribution >= 4 is 29.4 Å². The maximum atomic E-state index is 12.9. The first-order chi connectivity index (χ1) is 14.2. The summed E-state index contributed by atoms with van der Waals surface area (Å²) < 4.78 is 2.47. The minimum Gasteiger partial charge on any atom is -0.494 e. The van der Waals surface area contributed by atoms with Crippen LogP contribution in [0.3, 0.4) is 0 Å². The molecule has 160 valence electrons. The van der Waals surface area contributed by atoms with E-state index < -0.39 is 29.2 Å². The molecule has 0 aromatic carbocycles. The molecule has 3 rings (SSSR count). The van der Waals surface area contributed by atoms with Crippen LogP contribution in [0.5, 0.6) is 5.88 Å². The third-order valence-corrected chi connectivity index (χ3v) is 4.38. The molecular weight excluding hydrogens is 392 g/mol. The van der Waals surface area contributed by atoms with Crippen molar-refractivity contribution in [3.63, 3.8) is 0 Å². The van der Waals surface area contributed by atoms with E-state index in [0.717, 1.165) is 23.4 Å². The SMILES string of the molecule is CC(=O)NNC(=O)C=Cc1cnn2c(=O)c(C(=O)NC3CC3)c(O)n(CC(C)C)c12. The van der Waals surface area contributed by atoms with Gasteiger partial charge in [-0.3, -0.25) is 34.6 Å². The highest BCUT2D eigenvalue weighted by Crippen LogP contribution is 2.24. The number of fused-ring (bicyclic) bond motifs is 1. The summed E-state index contributed by atoms with van der Waals surface area (Å²) in [7, 11) is 0. The van der Waals surface area contributed by atoms with Gasteiger partial charge in [0.25, 0.3) is 17.4 Å². The van der Waals surface area contributed by atoms with E-state index in [1.165, 1.54) is 23.8 Å². The summed E-state index contributed by atoms with van der Waals surface area (Å²) in [6, 6.07) is 0.0174. The van der Waals surface area contributed by atoms with Crippen LogP contribution in [0, 0.1) is 5.92 Å². The van der Waals surface area contributed by atoms with E-state index in [-0.39, 0.29) is 23.2 Å². The number of hydrogen-bond acceptors (Lipinski definition) is 6. The second-order valence-corrected chi connectivity index (χ2v) is 7.60. The van der Waals surface area contributed by atoms with Gasteiger partial charge in [-0.25, -0.2) is 0 Å². The fraction of sp³-hybridized carbons (Fsp3) is 0.421. The van der Waals surface area contributed by atoms with Crippen molar-refractivity contribution in [2.24, 2.45) is 5.92 Å². The van der Waals surface area contributed by atoms with Crippen molar-refractivity contribution in [3.05, 3.63) is 33.8 Å². The molecule has 2 aromatic rings. The summed E-state index contributed by atoms with van der Waals surface area (Å²) in [6.07, 6.45) is 5.59. The van der Waals surface area contributed by atoms with E-state index in [2.05, 4.69) is 21.3 Å². The van der Waals surface area contributed by atoms with Crippen LogP contribution in [0.15, 0.2) is 17.1 Å². The molecule has 4 N–H and O–H groups in total. The van der Waals surface area contributed by atoms with Crippen molar-refractivity contribution in [1.82, 2.24) is 30.3 Å². The van der Waals surface area contributed by atoms with E-state index in [1.54, 1.807) is 0 Å². The van der Waals surface area contributed by atoms with Gasteiger partial charge in [-0.2, -0.15) is 9.61 Å². The zero-order valence-corrected chi connectivity index (χ0v) is 16.9. The number of hydrogen-bond donors (Lipinski definition) is 4. The molecule has 0 aliphatic heterocycles. The van der Waals surface area contributed by atoms with E-state index in [0.29, 0.717) is 12.1 Å². The van der Waals surface area contributed by atoms with E-state index in [4.69, 9.17) is 0 Å². The minimum atomic E-state index is -0.747. The molecule has 0 radical (unpaired) electrons. The second-order valence-electron chi connectivity index (χ2n) is 7.60. The Morgan fingerprint density at radius 2 is 2.00 bits per heavy atom. The molecule has 1 fully saturated rings. The highest BCUT2D eigenvalue weighted by atomic mass is 16.3. The van der Waals surface area contributed by atoms with Gasteiger partial charge in [0.2, 0.25) is 11.8 Å². The number of rotatable bonds is 6. The highest BCUT2D eigenvalue weighted by Gasteiger charge is 2.29. The molecule has 0 atom stereocenters. The summed E-state index contributed by atoms with van der Waals surface area (Å²) in [5, 5.41) is 17.6. The largest absolute Gasteiger partial charge is 0.494 e. The normalized spacial score (nSPS) is 13.7. The number of aromatic hydroxyl groups is 1. The second kappa shape index (κ2) is 8.39. The summed E-state index contributed by atoms with van der Waals surface area (Å²) in [4.78, 5) is 48.1. The Morgan fingerprint density at radius 3 is 2.60 bits per heavy atom. The average molecular weight is 416 g/mol. The lowest BCUT2D eigenvalue weighted by molar-refractivity contribution is -0.125. The smallest absolute Gasteiger partial charge is 0.291 e. The Labute approximate surface area is 171 Å². The number of amides is 3. The van der Waals surface area contributed by atoms with E-state index in [1.807, 2.05) is 13.8 Å². The number of carbonyl (C=O) groups is 3. The van der Waals surface area contributed by atoms with Crippen LogP contribution in [0.25, 0.3) is 11.7 Å². The Morgan fingerprint density at radius 1 is 1.30 bits per heavy atom. The van der Waals surface area contributed by atoms with Crippen molar-refractivity contribution in [2.75, 3.05) is 0 Å². The third kappa shape index (κ3) is 4.50. The van der Waals surface area contributed by atoms with Crippen LogP contribution in [0.1, 0.15) is 49.5 Å². The van der Waals surface area contributed by atoms with Gasteiger partial charge in [-0.15, -0.1) is 0 Å². The van der Waals surface area contributed by atoms with Crippen LogP contribution in [0.4, 0.5) is 0 Å². The number of nitrogens with zero attached hydrogens (tertiary/aromatic N) is 3. The van der Waals surface area contributed by atoms with Gasteiger partial charge >= 0.3 is 0 Å². The van der Waals surface area contributed by atoms with Gasteiger partial charge < -0.3 is 10.4 Å². The van der Waals surface area contributed by atoms with Gasteiger partial charge in [0.15, 0.2) is 5.56 Å². The first-order valence-electron chi connectivity index (χ1n) is 9.58. The van der Waals surface area contributed by atoms with Crippen LogP contribution >= 0.6 is 0 Å². The predicted octanol–water partition coefficient (Wildman–Crippen LogP) is -0.0697. The Kier molecular flexibility index (Phi) is 5.90. The Balaban J connectivity index is 2.06. The van der Waals surface area contributed by atoms with Gasteiger partial charge in [-0.05, 0) is 24.8 Å². The van der Waals surface area contributed by atoms with E-state index in [9.17, 15) is 24.3 Å². The molecule has 11 nitrogen and oxygen atoms in total. The number of carbonyl (C=O) groups excluding carboxylic acids is 3. The Hall–Kier alpha value is -3.63. The Bertz CT molecular complexity index is 1090. The summed E-state index contributed by atoms with van der Waals surface area (Å²) in [6.45, 7) is 5.40. The maximum absolute atomic E-state index is 12.9. The molecule has 3 amide bonds. The fourth-order valence-corrected chi connectivity index (χ4v) is 2.91. The predicted molar refractivity (Wildman–Crippen MR) is 107 cm³/mol. The zero-order chi connectivity index (χ0) is 22.0. The first-order valence-corrected chi connectivity index (χ1v) is 9.58. The number of hydrazine groups is 1. The molecule has 1 aliphatic rings. The van der Waals surface area contributed by atoms with Crippen molar-refractivity contribution in [1.29, 1.82) is 0 Å². The molecule has 2 heterocycles. The molecular formula is C19H24N6O5. The molecule has 0 spiro atoms. The molecule has 0 unspecified atom stereocenters. The van der Waals surface area contributed by atoms with Gasteiger partial charge in [0, 0.05) is 31.1 Å². The molecule has 11 heteroatoms.